The number of thioether (sulfide) groups is 1. The molecule has 9 heteroatoms. The third-order valence-electron chi connectivity index (χ3n) is 4.25. The van der Waals surface area contributed by atoms with Crippen LogP contribution in [0.4, 0.5) is 0 Å². The summed E-state index contributed by atoms with van der Waals surface area (Å²) in [6.07, 6.45) is 2.51. The van der Waals surface area contributed by atoms with E-state index >= 15 is 0 Å². The van der Waals surface area contributed by atoms with Gasteiger partial charge in [-0.2, -0.15) is 11.8 Å². The lowest BCUT2D eigenvalue weighted by molar-refractivity contribution is -0.139. The molecule has 0 saturated heterocycles. The van der Waals surface area contributed by atoms with Gasteiger partial charge in [0.2, 0.25) is 0 Å². The number of ether oxygens (including phenoxy) is 2. The van der Waals surface area contributed by atoms with Crippen molar-refractivity contribution in [1.82, 2.24) is 5.32 Å². The third-order valence-corrected chi connectivity index (χ3v) is 6.19. The van der Waals surface area contributed by atoms with E-state index in [1.807, 2.05) is 25.3 Å². The van der Waals surface area contributed by atoms with Gasteiger partial charge < -0.3 is 19.9 Å². The van der Waals surface area contributed by atoms with Crippen molar-refractivity contribution < 1.29 is 19.4 Å². The second-order valence-electron chi connectivity index (χ2n) is 6.38. The predicted molar refractivity (Wildman–Crippen MR) is 127 cm³/mol. The summed E-state index contributed by atoms with van der Waals surface area (Å²) in [6, 6.07) is 8.42. The van der Waals surface area contributed by atoms with Gasteiger partial charge in [-0.3, -0.25) is 4.79 Å². The predicted octanol–water partition coefficient (Wildman–Crippen LogP) is 6.03. The molecule has 0 saturated carbocycles. The number of halogens is 3. The van der Waals surface area contributed by atoms with E-state index in [4.69, 9.17) is 32.7 Å². The number of carboxylic acid groups (broad SMARTS) is 1. The lowest BCUT2D eigenvalue weighted by Crippen LogP contribution is -2.36. The summed E-state index contributed by atoms with van der Waals surface area (Å²) in [6.45, 7) is 2.92. The average Bonchev–Trinajstić information content (AvgIpc) is 2.69. The number of carboxylic acids is 1. The lowest BCUT2D eigenvalue weighted by atomic mass is 10.1. The van der Waals surface area contributed by atoms with E-state index in [2.05, 4.69) is 21.2 Å². The van der Waals surface area contributed by atoms with Crippen LogP contribution in [0, 0.1) is 0 Å². The minimum absolute atomic E-state index is 0.185. The number of nitrogens with one attached hydrogen (secondary N) is 1. The second-order valence-corrected chi connectivity index (χ2v) is 9.03. The fourth-order valence-corrected chi connectivity index (χ4v) is 4.31. The van der Waals surface area contributed by atoms with Crippen LogP contribution in [0.3, 0.4) is 0 Å². The summed E-state index contributed by atoms with van der Waals surface area (Å²) in [5.74, 6) is 1.01. The van der Waals surface area contributed by atoms with E-state index in [1.165, 1.54) is 0 Å². The Morgan fingerprint density at radius 2 is 1.97 bits per heavy atom. The Labute approximate surface area is 199 Å². The van der Waals surface area contributed by atoms with Gasteiger partial charge in [-0.25, -0.2) is 0 Å². The van der Waals surface area contributed by atoms with Gasteiger partial charge in [0.05, 0.1) is 11.1 Å². The molecule has 0 aliphatic heterocycles. The molecule has 2 aromatic rings. The standard InChI is InChI=1S/C21H24BrCl2NO4S/c1-3-28-19-10-13(11-25-18(21(26)27)7-8-30-2)9-15(22)20(19)29-12-14-16(23)5-4-6-17(14)24/h4-6,9-10,18,25H,3,7-8,11-12H2,1-2H3,(H,26,27). The first kappa shape index (κ1) is 25.1. The molecule has 164 valence electrons. The molecule has 0 fully saturated rings. The molecule has 2 rings (SSSR count). The molecule has 30 heavy (non-hydrogen) atoms. The molecule has 2 N–H and O–H groups in total. The van der Waals surface area contributed by atoms with Gasteiger partial charge in [0.15, 0.2) is 11.5 Å². The van der Waals surface area contributed by atoms with Crippen molar-refractivity contribution in [3.8, 4) is 11.5 Å². The lowest BCUT2D eigenvalue weighted by Gasteiger charge is -2.18. The van der Waals surface area contributed by atoms with E-state index in [9.17, 15) is 9.90 Å². The summed E-state index contributed by atoms with van der Waals surface area (Å²) in [7, 11) is 0. The smallest absolute Gasteiger partial charge is 0.320 e. The first-order chi connectivity index (χ1) is 14.4. The van der Waals surface area contributed by atoms with E-state index in [0.717, 1.165) is 11.3 Å². The molecule has 0 bridgehead atoms. The Kier molecular flexibility index (Phi) is 10.6. The van der Waals surface area contributed by atoms with Gasteiger partial charge in [0, 0.05) is 22.2 Å². The minimum Gasteiger partial charge on any atom is -0.490 e. The average molecular weight is 537 g/mol. The third kappa shape index (κ3) is 7.24. The highest BCUT2D eigenvalue weighted by Gasteiger charge is 2.18. The van der Waals surface area contributed by atoms with Crippen molar-refractivity contribution in [2.24, 2.45) is 0 Å². The van der Waals surface area contributed by atoms with E-state index in [-0.39, 0.29) is 6.61 Å². The second kappa shape index (κ2) is 12.7. The zero-order chi connectivity index (χ0) is 22.1. The van der Waals surface area contributed by atoms with Crippen molar-refractivity contribution in [2.75, 3.05) is 18.6 Å². The summed E-state index contributed by atoms with van der Waals surface area (Å²) < 4.78 is 12.4. The van der Waals surface area contributed by atoms with Crippen LogP contribution in [0.5, 0.6) is 11.5 Å². The van der Waals surface area contributed by atoms with Crippen molar-refractivity contribution >= 4 is 56.9 Å². The van der Waals surface area contributed by atoms with E-state index in [1.54, 1.807) is 30.0 Å². The van der Waals surface area contributed by atoms with Gasteiger partial charge in [-0.05, 0) is 71.1 Å². The first-order valence-electron chi connectivity index (χ1n) is 9.33. The van der Waals surface area contributed by atoms with Crippen molar-refractivity contribution in [1.29, 1.82) is 0 Å². The Bertz CT molecular complexity index is 849. The van der Waals surface area contributed by atoms with Crippen LogP contribution in [0.2, 0.25) is 10.0 Å². The Hall–Kier alpha value is -1.12. The van der Waals surface area contributed by atoms with Crippen LogP contribution in [0.1, 0.15) is 24.5 Å². The Morgan fingerprint density at radius 1 is 1.27 bits per heavy atom. The highest BCUT2D eigenvalue weighted by Crippen LogP contribution is 2.38. The quantitative estimate of drug-likeness (QED) is 0.345. The summed E-state index contributed by atoms with van der Waals surface area (Å²) in [4.78, 5) is 11.4. The molecule has 5 nitrogen and oxygen atoms in total. The molecule has 1 atom stereocenters. The number of hydrogen-bond donors (Lipinski definition) is 2. The maximum atomic E-state index is 11.4. The highest BCUT2D eigenvalue weighted by molar-refractivity contribution is 9.10. The normalized spacial score (nSPS) is 11.9. The molecule has 0 aliphatic rings. The van der Waals surface area contributed by atoms with Crippen molar-refractivity contribution in [3.05, 3.63) is 56.0 Å². The van der Waals surface area contributed by atoms with Crippen LogP contribution in [-0.2, 0) is 17.9 Å². The molecule has 0 radical (unpaired) electrons. The van der Waals surface area contributed by atoms with Crippen LogP contribution < -0.4 is 14.8 Å². The van der Waals surface area contributed by atoms with Gasteiger partial charge in [-0.1, -0.05) is 29.3 Å². The molecule has 0 spiro atoms. The SMILES string of the molecule is CCOc1cc(CNC(CCSC)C(=O)O)cc(Br)c1OCc1c(Cl)cccc1Cl. The zero-order valence-corrected chi connectivity index (χ0v) is 20.6. The van der Waals surface area contributed by atoms with Gasteiger partial charge in [0.25, 0.3) is 0 Å². The molecular weight excluding hydrogens is 513 g/mol. The molecule has 1 unspecified atom stereocenters. The summed E-state index contributed by atoms with van der Waals surface area (Å²) in [5.41, 5.74) is 1.57. The zero-order valence-electron chi connectivity index (χ0n) is 16.7. The van der Waals surface area contributed by atoms with Gasteiger partial charge in [-0.15, -0.1) is 0 Å². The van der Waals surface area contributed by atoms with Crippen molar-refractivity contribution in [3.63, 3.8) is 0 Å². The fourth-order valence-electron chi connectivity index (χ4n) is 2.73. The van der Waals surface area contributed by atoms with Crippen LogP contribution >= 0.6 is 50.9 Å². The van der Waals surface area contributed by atoms with Crippen LogP contribution in [0.25, 0.3) is 0 Å². The number of benzene rings is 2. The van der Waals surface area contributed by atoms with E-state index in [0.29, 0.717) is 51.2 Å². The Balaban J connectivity index is 2.17. The van der Waals surface area contributed by atoms with Crippen LogP contribution in [0.15, 0.2) is 34.8 Å². The minimum atomic E-state index is -0.857. The Morgan fingerprint density at radius 3 is 2.57 bits per heavy atom. The first-order valence-corrected chi connectivity index (χ1v) is 12.3. The topological polar surface area (TPSA) is 67.8 Å². The van der Waals surface area contributed by atoms with Crippen LogP contribution in [-0.4, -0.2) is 35.7 Å². The fraction of sp³-hybridized carbons (Fsp3) is 0.381. The number of carbonyl (C=O) groups is 1. The number of hydrogen-bond acceptors (Lipinski definition) is 5. The summed E-state index contributed by atoms with van der Waals surface area (Å²) >= 11 is 17.6. The molecule has 0 aromatic heterocycles. The maximum absolute atomic E-state index is 11.4. The van der Waals surface area contributed by atoms with Gasteiger partial charge in [0.1, 0.15) is 12.6 Å². The van der Waals surface area contributed by atoms with Gasteiger partial charge >= 0.3 is 5.97 Å². The molecule has 0 amide bonds. The number of aliphatic carboxylic acids is 1. The monoisotopic (exact) mass is 535 g/mol. The largest absolute Gasteiger partial charge is 0.490 e. The molecular formula is C21H24BrCl2NO4S. The summed E-state index contributed by atoms with van der Waals surface area (Å²) in [5, 5.41) is 13.5. The molecule has 0 heterocycles. The molecule has 0 aliphatic carbocycles. The highest BCUT2D eigenvalue weighted by atomic mass is 79.9. The molecule has 2 aromatic carbocycles. The van der Waals surface area contributed by atoms with Crippen molar-refractivity contribution in [2.45, 2.75) is 32.5 Å². The number of rotatable bonds is 12. The maximum Gasteiger partial charge on any atom is 0.320 e. The van der Waals surface area contributed by atoms with E-state index < -0.39 is 12.0 Å².